The fourth-order valence-corrected chi connectivity index (χ4v) is 3.55. The molecule has 136 valence electrons. The van der Waals surface area contributed by atoms with E-state index in [1.165, 1.54) is 0 Å². The third kappa shape index (κ3) is 3.46. The Balaban J connectivity index is 1.74. The zero-order valence-electron chi connectivity index (χ0n) is 15.6. The molecule has 1 aliphatic rings. The Hall–Kier alpha value is -2.15. The second-order valence-corrected chi connectivity index (χ2v) is 6.90. The number of imidazole rings is 1. The van der Waals surface area contributed by atoms with Gasteiger partial charge in [-0.25, -0.2) is 4.98 Å². The molecule has 25 heavy (non-hydrogen) atoms. The van der Waals surface area contributed by atoms with Crippen molar-refractivity contribution in [1.82, 2.24) is 25.1 Å². The topological polar surface area (TPSA) is 86.9 Å². The first kappa shape index (κ1) is 17.7. The van der Waals surface area contributed by atoms with Crippen LogP contribution in [0.2, 0.25) is 0 Å². The Kier molecular flexibility index (Phi) is 4.94. The van der Waals surface area contributed by atoms with E-state index in [2.05, 4.69) is 20.2 Å². The molecule has 3 rings (SSSR count). The van der Waals surface area contributed by atoms with Crippen LogP contribution in [0.4, 0.5) is 0 Å². The summed E-state index contributed by atoms with van der Waals surface area (Å²) in [5.41, 5.74) is 5.17. The lowest BCUT2D eigenvalue weighted by molar-refractivity contribution is -0.132. The van der Waals surface area contributed by atoms with E-state index in [1.807, 2.05) is 32.6 Å². The summed E-state index contributed by atoms with van der Waals surface area (Å²) in [5.74, 6) is 0.995. The number of carbonyl (C=O) groups is 1. The van der Waals surface area contributed by atoms with Crippen LogP contribution in [0.1, 0.15) is 53.0 Å². The number of likely N-dealkylation sites (tertiary alicyclic amines) is 1. The maximum absolute atomic E-state index is 12.9. The van der Waals surface area contributed by atoms with Gasteiger partial charge >= 0.3 is 0 Å². The molecule has 0 saturated carbocycles. The number of ether oxygens (including phenoxy) is 1. The Morgan fingerprint density at radius 3 is 2.56 bits per heavy atom. The molecule has 1 amide bonds. The van der Waals surface area contributed by atoms with Gasteiger partial charge in [-0.2, -0.15) is 5.10 Å². The van der Waals surface area contributed by atoms with Crippen LogP contribution in [-0.4, -0.2) is 50.7 Å². The standard InChI is InChI=1S/C18H27N5O2/c1-10-11(2)20-18(19-10)16-8-14(25-5)9-23(16)17(24)7-6-15-12(3)21-22-13(15)4/h14,16H,6-9H2,1-5H3,(H,19,20)(H,21,22)/t14-,16+/m1/s1. The molecule has 2 N–H and O–H groups in total. The Bertz CT molecular complexity index is 725. The lowest BCUT2D eigenvalue weighted by atomic mass is 10.1. The highest BCUT2D eigenvalue weighted by Crippen LogP contribution is 2.33. The Morgan fingerprint density at radius 1 is 1.24 bits per heavy atom. The normalized spacial score (nSPS) is 20.4. The molecule has 7 heteroatoms. The summed E-state index contributed by atoms with van der Waals surface area (Å²) in [7, 11) is 1.70. The number of nitrogens with zero attached hydrogens (tertiary/aromatic N) is 3. The van der Waals surface area contributed by atoms with Gasteiger partial charge in [-0.15, -0.1) is 0 Å². The van der Waals surface area contributed by atoms with Crippen LogP contribution in [-0.2, 0) is 16.0 Å². The van der Waals surface area contributed by atoms with Crippen LogP contribution in [0.15, 0.2) is 0 Å². The molecule has 0 unspecified atom stereocenters. The van der Waals surface area contributed by atoms with Gasteiger partial charge in [-0.05, 0) is 39.7 Å². The minimum atomic E-state index is -0.0450. The van der Waals surface area contributed by atoms with Crippen LogP contribution in [0.5, 0.6) is 0 Å². The van der Waals surface area contributed by atoms with Crippen LogP contribution >= 0.6 is 0 Å². The zero-order chi connectivity index (χ0) is 18.1. The number of hydrogen-bond acceptors (Lipinski definition) is 4. The minimum Gasteiger partial charge on any atom is -0.380 e. The highest BCUT2D eigenvalue weighted by Gasteiger charge is 2.37. The van der Waals surface area contributed by atoms with Crippen molar-refractivity contribution < 1.29 is 9.53 Å². The fourth-order valence-electron chi connectivity index (χ4n) is 3.55. The molecule has 2 aromatic heterocycles. The molecule has 0 bridgehead atoms. The van der Waals surface area contributed by atoms with E-state index < -0.39 is 0 Å². The molecule has 1 saturated heterocycles. The van der Waals surface area contributed by atoms with Crippen LogP contribution < -0.4 is 0 Å². The number of rotatable bonds is 5. The molecular formula is C18H27N5O2. The second kappa shape index (κ2) is 7.00. The number of aromatic amines is 2. The summed E-state index contributed by atoms with van der Waals surface area (Å²) >= 11 is 0. The third-order valence-corrected chi connectivity index (χ3v) is 5.25. The monoisotopic (exact) mass is 345 g/mol. The van der Waals surface area contributed by atoms with E-state index >= 15 is 0 Å². The van der Waals surface area contributed by atoms with E-state index in [-0.39, 0.29) is 18.1 Å². The minimum absolute atomic E-state index is 0.0450. The van der Waals surface area contributed by atoms with Crippen molar-refractivity contribution in [2.45, 2.75) is 59.1 Å². The highest BCUT2D eigenvalue weighted by atomic mass is 16.5. The molecular weight excluding hydrogens is 318 g/mol. The first-order valence-electron chi connectivity index (χ1n) is 8.76. The number of H-pyrrole nitrogens is 2. The van der Waals surface area contributed by atoms with E-state index in [4.69, 9.17) is 4.74 Å². The summed E-state index contributed by atoms with van der Waals surface area (Å²) < 4.78 is 5.52. The van der Waals surface area contributed by atoms with Gasteiger partial charge in [-0.1, -0.05) is 0 Å². The summed E-state index contributed by atoms with van der Waals surface area (Å²) in [6.45, 7) is 8.56. The first-order valence-corrected chi connectivity index (χ1v) is 8.76. The third-order valence-electron chi connectivity index (χ3n) is 5.25. The molecule has 0 aromatic carbocycles. The second-order valence-electron chi connectivity index (χ2n) is 6.90. The molecule has 2 aromatic rings. The number of carbonyl (C=O) groups excluding carboxylic acids is 1. The van der Waals surface area contributed by atoms with Crippen LogP contribution in [0.25, 0.3) is 0 Å². The number of aromatic nitrogens is 4. The van der Waals surface area contributed by atoms with Crippen molar-refractivity contribution in [3.05, 3.63) is 34.2 Å². The van der Waals surface area contributed by atoms with Gasteiger partial charge in [0.25, 0.3) is 0 Å². The van der Waals surface area contributed by atoms with Crippen LogP contribution in [0.3, 0.4) is 0 Å². The fraction of sp³-hybridized carbons (Fsp3) is 0.611. The number of aryl methyl sites for hydroxylation is 4. The van der Waals surface area contributed by atoms with E-state index in [1.54, 1.807) is 7.11 Å². The number of nitrogens with one attached hydrogen (secondary N) is 2. The smallest absolute Gasteiger partial charge is 0.223 e. The quantitative estimate of drug-likeness (QED) is 0.870. The summed E-state index contributed by atoms with van der Waals surface area (Å²) in [5, 5.41) is 7.19. The highest BCUT2D eigenvalue weighted by molar-refractivity contribution is 5.77. The predicted octanol–water partition coefficient (Wildman–Crippen LogP) is 2.29. The van der Waals surface area contributed by atoms with Gasteiger partial charge in [0.2, 0.25) is 5.91 Å². The maximum Gasteiger partial charge on any atom is 0.223 e. The van der Waals surface area contributed by atoms with Gasteiger partial charge in [0.05, 0.1) is 23.5 Å². The number of amides is 1. The largest absolute Gasteiger partial charge is 0.380 e. The lowest BCUT2D eigenvalue weighted by Crippen LogP contribution is -2.32. The van der Waals surface area contributed by atoms with Gasteiger partial charge in [-0.3, -0.25) is 9.89 Å². The van der Waals surface area contributed by atoms with Gasteiger partial charge < -0.3 is 14.6 Å². The van der Waals surface area contributed by atoms with Crippen LogP contribution in [0, 0.1) is 27.7 Å². The zero-order valence-corrected chi connectivity index (χ0v) is 15.6. The molecule has 2 atom stereocenters. The Labute approximate surface area is 148 Å². The first-order chi connectivity index (χ1) is 11.9. The summed E-state index contributed by atoms with van der Waals surface area (Å²) in [4.78, 5) is 22.8. The summed E-state index contributed by atoms with van der Waals surface area (Å²) in [6, 6.07) is -0.0450. The van der Waals surface area contributed by atoms with Crippen molar-refractivity contribution in [3.63, 3.8) is 0 Å². The van der Waals surface area contributed by atoms with E-state index in [0.29, 0.717) is 19.4 Å². The molecule has 7 nitrogen and oxygen atoms in total. The van der Waals surface area contributed by atoms with Crippen molar-refractivity contribution in [2.24, 2.45) is 0 Å². The average molecular weight is 345 g/mol. The molecule has 0 spiro atoms. The van der Waals surface area contributed by atoms with Crippen molar-refractivity contribution in [1.29, 1.82) is 0 Å². The molecule has 3 heterocycles. The summed E-state index contributed by atoms with van der Waals surface area (Å²) in [6.07, 6.45) is 1.99. The van der Waals surface area contributed by atoms with Gasteiger partial charge in [0, 0.05) is 37.9 Å². The molecule has 0 radical (unpaired) electrons. The van der Waals surface area contributed by atoms with Crippen molar-refractivity contribution in [2.75, 3.05) is 13.7 Å². The van der Waals surface area contributed by atoms with Gasteiger partial charge in [0.1, 0.15) is 5.82 Å². The number of hydrogen-bond donors (Lipinski definition) is 2. The van der Waals surface area contributed by atoms with E-state index in [0.717, 1.165) is 40.6 Å². The number of methoxy groups -OCH3 is 1. The molecule has 1 fully saturated rings. The lowest BCUT2D eigenvalue weighted by Gasteiger charge is -2.23. The average Bonchev–Trinajstić information content (AvgIpc) is 3.25. The molecule has 0 aliphatic carbocycles. The van der Waals surface area contributed by atoms with E-state index in [9.17, 15) is 4.79 Å². The van der Waals surface area contributed by atoms with Gasteiger partial charge in [0.15, 0.2) is 0 Å². The van der Waals surface area contributed by atoms with Crippen molar-refractivity contribution >= 4 is 5.91 Å². The SMILES string of the molecule is CO[C@@H]1C[C@@H](c2nc(C)c(C)[nH]2)N(C(=O)CCc2c(C)n[nH]c2C)C1. The Morgan fingerprint density at radius 2 is 2.00 bits per heavy atom. The predicted molar refractivity (Wildman–Crippen MR) is 94.3 cm³/mol. The van der Waals surface area contributed by atoms with Crippen molar-refractivity contribution in [3.8, 4) is 0 Å². The maximum atomic E-state index is 12.9. The molecule has 1 aliphatic heterocycles.